The molecular formula is C33H35N2O5S-. The summed E-state index contributed by atoms with van der Waals surface area (Å²) in [5.74, 6) is 0.345. The number of thioether (sulfide) groups is 1. The van der Waals surface area contributed by atoms with Crippen molar-refractivity contribution >= 4 is 29.3 Å². The first-order valence-corrected chi connectivity index (χ1v) is 14.8. The Labute approximate surface area is 245 Å². The van der Waals surface area contributed by atoms with E-state index in [9.17, 15) is 14.7 Å². The molecule has 1 heterocycles. The lowest BCUT2D eigenvalue weighted by Crippen LogP contribution is -2.48. The molecule has 1 atom stereocenters. The fraction of sp³-hybridized carbons (Fsp3) is 0.273. The highest BCUT2D eigenvalue weighted by atomic mass is 32.2. The number of benzene rings is 3. The zero-order chi connectivity index (χ0) is 29.4. The Morgan fingerprint density at radius 2 is 1.73 bits per heavy atom. The van der Waals surface area contributed by atoms with Gasteiger partial charge in [0.25, 0.3) is 5.91 Å². The summed E-state index contributed by atoms with van der Waals surface area (Å²) in [4.78, 5) is 26.9. The minimum Gasteiger partial charge on any atom is -0.548 e. The summed E-state index contributed by atoms with van der Waals surface area (Å²) in [6.07, 6.45) is 2.18. The van der Waals surface area contributed by atoms with E-state index >= 15 is 0 Å². The van der Waals surface area contributed by atoms with Crippen LogP contribution >= 0.6 is 11.8 Å². The Bertz CT molecular complexity index is 1480. The maximum absolute atomic E-state index is 13.3. The molecule has 1 amide bonds. The number of carboxylic acids is 1. The molecule has 3 aromatic carbocycles. The topological polar surface area (TPSA) is 94.8 Å². The number of amides is 1. The van der Waals surface area contributed by atoms with Crippen LogP contribution < -0.4 is 15.3 Å². The molecule has 1 aromatic heterocycles. The van der Waals surface area contributed by atoms with Crippen LogP contribution in [-0.2, 0) is 22.7 Å². The molecule has 0 bridgehead atoms. The summed E-state index contributed by atoms with van der Waals surface area (Å²) in [6, 6.07) is 24.2. The second-order valence-electron chi connectivity index (χ2n) is 10.0. The molecule has 8 heteroatoms. The summed E-state index contributed by atoms with van der Waals surface area (Å²) in [5, 5.41) is 14.3. The van der Waals surface area contributed by atoms with Gasteiger partial charge in [-0.05, 0) is 96.1 Å². The number of hydrogen-bond acceptors (Lipinski definition) is 7. The van der Waals surface area contributed by atoms with Crippen molar-refractivity contribution in [3.63, 3.8) is 0 Å². The summed E-state index contributed by atoms with van der Waals surface area (Å²) >= 11 is 1.52. The molecule has 1 N–H and O–H groups in total. The van der Waals surface area contributed by atoms with Crippen LogP contribution in [-0.4, -0.2) is 44.0 Å². The number of carbonyl (C=O) groups excluding carboxylic acids is 2. The van der Waals surface area contributed by atoms with E-state index < -0.39 is 17.9 Å². The van der Waals surface area contributed by atoms with E-state index in [2.05, 4.69) is 5.32 Å². The van der Waals surface area contributed by atoms with Crippen LogP contribution in [0.2, 0.25) is 0 Å². The number of rotatable bonds is 13. The maximum Gasteiger partial charge on any atom is 0.252 e. The number of nitrogens with zero attached hydrogens (tertiary/aromatic N) is 1. The summed E-state index contributed by atoms with van der Waals surface area (Å²) < 4.78 is 12.0. The van der Waals surface area contributed by atoms with Gasteiger partial charge >= 0.3 is 0 Å². The predicted octanol–water partition coefficient (Wildman–Crippen LogP) is 5.31. The van der Waals surface area contributed by atoms with Crippen molar-refractivity contribution in [3.8, 4) is 22.5 Å². The Balaban J connectivity index is 1.48. The summed E-state index contributed by atoms with van der Waals surface area (Å²) in [5.41, 5.74) is 5.99. The molecule has 0 spiro atoms. The molecule has 7 nitrogen and oxygen atoms in total. The Kier molecular flexibility index (Phi) is 10.3. The Hall–Kier alpha value is -4.01. The van der Waals surface area contributed by atoms with Crippen molar-refractivity contribution < 1.29 is 23.8 Å². The number of carbonyl (C=O) groups is 2. The molecule has 0 aliphatic heterocycles. The standard InChI is InChI=1S/C33H36N2O5S/c1-22-7-5-6-8-27(22)29-19-23(9-15-28(29)32(36)34-30(33(37)38)17-18-41-4)20-39-21-26-14-16-31(40-26)24-10-12-25(13-11-24)35(2)3/h5-16,19,30H,17-18,20-21H2,1-4H3,(H,34,36)(H,37,38)/p-1/t30-/m0/s1. The van der Waals surface area contributed by atoms with Gasteiger partial charge in [-0.1, -0.05) is 30.3 Å². The number of carboxylic acid groups (broad SMARTS) is 1. The quantitative estimate of drug-likeness (QED) is 0.233. The van der Waals surface area contributed by atoms with Crippen molar-refractivity contribution in [1.29, 1.82) is 0 Å². The SMILES string of the molecule is CSCC[C@H](NC(=O)c1ccc(COCc2ccc(-c3ccc(N(C)C)cc3)o2)cc1-c1ccccc1C)C(=O)[O-]. The van der Waals surface area contributed by atoms with Gasteiger partial charge in [-0.3, -0.25) is 4.79 Å². The molecule has 0 radical (unpaired) electrons. The van der Waals surface area contributed by atoms with Gasteiger partial charge in [0.1, 0.15) is 18.1 Å². The third-order valence-corrected chi connectivity index (χ3v) is 7.45. The second kappa shape index (κ2) is 14.1. The number of aryl methyl sites for hydroxylation is 1. The van der Waals surface area contributed by atoms with Gasteiger partial charge in [-0.25, -0.2) is 0 Å². The van der Waals surface area contributed by atoms with Crippen LogP contribution in [0.3, 0.4) is 0 Å². The fourth-order valence-electron chi connectivity index (χ4n) is 4.50. The number of anilines is 1. The third-order valence-electron chi connectivity index (χ3n) is 6.81. The van der Waals surface area contributed by atoms with Gasteiger partial charge < -0.3 is 29.3 Å². The van der Waals surface area contributed by atoms with Crippen molar-refractivity contribution in [2.75, 3.05) is 31.0 Å². The summed E-state index contributed by atoms with van der Waals surface area (Å²) in [6.45, 7) is 2.58. The van der Waals surface area contributed by atoms with Crippen LogP contribution in [0.4, 0.5) is 5.69 Å². The van der Waals surface area contributed by atoms with Crippen molar-refractivity contribution in [1.82, 2.24) is 5.32 Å². The summed E-state index contributed by atoms with van der Waals surface area (Å²) in [7, 11) is 4.01. The van der Waals surface area contributed by atoms with Gasteiger partial charge in [-0.2, -0.15) is 11.8 Å². The lowest BCUT2D eigenvalue weighted by atomic mass is 9.93. The molecule has 0 aliphatic rings. The average molecular weight is 572 g/mol. The number of ether oxygens (including phenoxy) is 1. The number of aliphatic carboxylic acids is 1. The van der Waals surface area contributed by atoms with Gasteiger partial charge in [-0.15, -0.1) is 0 Å². The molecule has 4 rings (SSSR count). The lowest BCUT2D eigenvalue weighted by Gasteiger charge is -2.21. The monoisotopic (exact) mass is 571 g/mol. The number of furan rings is 1. The third kappa shape index (κ3) is 7.80. The molecule has 0 unspecified atom stereocenters. The lowest BCUT2D eigenvalue weighted by molar-refractivity contribution is -0.308. The average Bonchev–Trinajstić information content (AvgIpc) is 3.44. The van der Waals surface area contributed by atoms with E-state index in [-0.39, 0.29) is 6.42 Å². The highest BCUT2D eigenvalue weighted by molar-refractivity contribution is 7.98. The highest BCUT2D eigenvalue weighted by Gasteiger charge is 2.19. The zero-order valence-electron chi connectivity index (χ0n) is 23.8. The number of nitrogens with one attached hydrogen (secondary N) is 1. The minimum atomic E-state index is -1.29. The van der Waals surface area contributed by atoms with Crippen LogP contribution in [0.25, 0.3) is 22.5 Å². The smallest absolute Gasteiger partial charge is 0.252 e. The van der Waals surface area contributed by atoms with Crippen LogP contribution in [0.5, 0.6) is 0 Å². The second-order valence-corrected chi connectivity index (χ2v) is 11.0. The molecule has 0 saturated heterocycles. The molecular weight excluding hydrogens is 536 g/mol. The van der Waals surface area contributed by atoms with Crippen LogP contribution in [0, 0.1) is 6.92 Å². The van der Waals surface area contributed by atoms with Gasteiger partial charge in [0.2, 0.25) is 0 Å². The first-order valence-electron chi connectivity index (χ1n) is 13.4. The maximum atomic E-state index is 13.3. The molecule has 4 aromatic rings. The number of hydrogen-bond donors (Lipinski definition) is 1. The predicted molar refractivity (Wildman–Crippen MR) is 163 cm³/mol. The van der Waals surface area contributed by atoms with E-state index in [1.165, 1.54) is 11.8 Å². The fourth-order valence-corrected chi connectivity index (χ4v) is 4.97. The van der Waals surface area contributed by atoms with E-state index in [4.69, 9.17) is 9.15 Å². The first-order chi connectivity index (χ1) is 19.8. The largest absolute Gasteiger partial charge is 0.548 e. The Morgan fingerprint density at radius 3 is 2.41 bits per heavy atom. The highest BCUT2D eigenvalue weighted by Crippen LogP contribution is 2.29. The van der Waals surface area contributed by atoms with Crippen molar-refractivity contribution in [2.45, 2.75) is 32.6 Å². The Morgan fingerprint density at radius 1 is 0.976 bits per heavy atom. The van der Waals surface area contributed by atoms with Crippen molar-refractivity contribution in [3.05, 3.63) is 101 Å². The van der Waals surface area contributed by atoms with Gasteiger partial charge in [0.05, 0.1) is 18.6 Å². The first kappa shape index (κ1) is 30.0. The van der Waals surface area contributed by atoms with E-state index in [0.717, 1.165) is 33.7 Å². The molecule has 214 valence electrons. The normalized spacial score (nSPS) is 11.7. The zero-order valence-corrected chi connectivity index (χ0v) is 24.6. The van der Waals surface area contributed by atoms with Gasteiger partial charge in [0, 0.05) is 30.9 Å². The molecule has 41 heavy (non-hydrogen) atoms. The van der Waals surface area contributed by atoms with E-state index in [1.54, 1.807) is 6.07 Å². The van der Waals surface area contributed by atoms with E-state index in [1.807, 2.05) is 105 Å². The van der Waals surface area contributed by atoms with E-state index in [0.29, 0.717) is 35.9 Å². The van der Waals surface area contributed by atoms with Crippen LogP contribution in [0.1, 0.15) is 33.7 Å². The minimum absolute atomic E-state index is 0.288. The van der Waals surface area contributed by atoms with Crippen molar-refractivity contribution in [2.24, 2.45) is 0 Å². The molecule has 0 fully saturated rings. The van der Waals surface area contributed by atoms with Crippen LogP contribution in [0.15, 0.2) is 83.3 Å². The van der Waals surface area contributed by atoms with Gasteiger partial charge in [0.15, 0.2) is 0 Å². The molecule has 0 saturated carbocycles. The molecule has 0 aliphatic carbocycles.